The molecule has 3 N–H and O–H groups in total. The first-order valence-electron chi connectivity index (χ1n) is 18.6. The Balaban J connectivity index is 1.06. The van der Waals surface area contributed by atoms with Gasteiger partial charge in [0.1, 0.15) is 11.6 Å². The summed E-state index contributed by atoms with van der Waals surface area (Å²) in [6, 6.07) is 10.4. The Morgan fingerprint density at radius 1 is 0.940 bits per heavy atom. The fraction of sp³-hybridized carbons (Fsp3) is 0.575. The van der Waals surface area contributed by atoms with Gasteiger partial charge in [-0.1, -0.05) is 77.6 Å². The Bertz CT molecular complexity index is 1630. The number of hydrogen-bond acceptors (Lipinski definition) is 7. The molecule has 3 fully saturated rings. The van der Waals surface area contributed by atoms with Gasteiger partial charge in [0.2, 0.25) is 5.91 Å². The number of nitrogens with zero attached hydrogens (tertiary/aromatic N) is 3. The molecule has 3 heterocycles. The third-order valence-electron chi connectivity index (χ3n) is 11.2. The van der Waals surface area contributed by atoms with E-state index in [0.717, 1.165) is 52.5 Å². The van der Waals surface area contributed by atoms with E-state index in [2.05, 4.69) is 43.2 Å². The summed E-state index contributed by atoms with van der Waals surface area (Å²) in [7, 11) is 0. The predicted octanol–water partition coefficient (Wildman–Crippen LogP) is 7.40. The molecule has 1 atom stereocenters. The number of carboxylic acids is 1. The number of carbonyl (C=O) groups excluding carboxylic acids is 2. The van der Waals surface area contributed by atoms with Crippen LogP contribution < -0.4 is 15.5 Å². The van der Waals surface area contributed by atoms with Crippen molar-refractivity contribution < 1.29 is 19.5 Å². The van der Waals surface area contributed by atoms with Crippen LogP contribution in [0.15, 0.2) is 48.8 Å². The zero-order valence-corrected chi connectivity index (χ0v) is 30.9. The molecule has 9 nitrogen and oxygen atoms in total. The number of carbonyl (C=O) groups is 3. The van der Waals surface area contributed by atoms with Crippen molar-refractivity contribution in [2.75, 3.05) is 18.0 Å². The van der Waals surface area contributed by atoms with Gasteiger partial charge in [-0.3, -0.25) is 9.59 Å². The Morgan fingerprint density at radius 2 is 1.58 bits per heavy atom. The van der Waals surface area contributed by atoms with Gasteiger partial charge in [-0.25, -0.2) is 14.8 Å². The highest BCUT2D eigenvalue weighted by Gasteiger charge is 2.52. The van der Waals surface area contributed by atoms with E-state index in [1.54, 1.807) is 6.07 Å². The lowest BCUT2D eigenvalue weighted by Gasteiger charge is -2.39. The Labute approximate surface area is 300 Å². The highest BCUT2D eigenvalue weighted by Crippen LogP contribution is 2.40. The normalized spacial score (nSPS) is 21.3. The number of aliphatic carboxylic acids is 1. The number of nitrogens with one attached hydrogen (secondary N) is 2. The van der Waals surface area contributed by atoms with E-state index in [1.165, 1.54) is 62.7 Å². The number of thiophene rings is 1. The number of anilines is 1. The lowest BCUT2D eigenvalue weighted by atomic mass is 9.72. The van der Waals surface area contributed by atoms with E-state index in [9.17, 15) is 19.5 Å². The summed E-state index contributed by atoms with van der Waals surface area (Å²) >= 11 is 1.40. The van der Waals surface area contributed by atoms with Crippen LogP contribution in [0.5, 0.6) is 0 Å². The molecule has 50 heavy (non-hydrogen) atoms. The van der Waals surface area contributed by atoms with Crippen molar-refractivity contribution in [2.45, 2.75) is 115 Å². The molecular weight excluding hydrogens is 647 g/mol. The van der Waals surface area contributed by atoms with E-state index in [1.807, 2.05) is 42.7 Å². The van der Waals surface area contributed by atoms with Crippen LogP contribution in [-0.2, 0) is 21.4 Å². The second-order valence-corrected chi connectivity index (χ2v) is 17.0. The minimum Gasteiger partial charge on any atom is -0.480 e. The minimum atomic E-state index is -1.25. The zero-order valence-electron chi connectivity index (χ0n) is 30.0. The first kappa shape index (κ1) is 36.0. The number of aromatic nitrogens is 2. The summed E-state index contributed by atoms with van der Waals surface area (Å²) in [5.74, 6) is 1.42. The van der Waals surface area contributed by atoms with Crippen LogP contribution in [0.2, 0.25) is 0 Å². The Morgan fingerprint density at radius 3 is 2.14 bits per heavy atom. The molecule has 0 bridgehead atoms. The summed E-state index contributed by atoms with van der Waals surface area (Å²) < 4.78 is 0. The van der Waals surface area contributed by atoms with Crippen molar-refractivity contribution >= 4 is 34.8 Å². The predicted molar refractivity (Wildman–Crippen MR) is 198 cm³/mol. The quantitative estimate of drug-likeness (QED) is 0.180. The maximum Gasteiger partial charge on any atom is 0.329 e. The van der Waals surface area contributed by atoms with E-state index >= 15 is 0 Å². The topological polar surface area (TPSA) is 125 Å². The van der Waals surface area contributed by atoms with Gasteiger partial charge in [-0.05, 0) is 79.4 Å². The molecule has 2 amide bonds. The molecule has 2 aromatic heterocycles. The maximum atomic E-state index is 13.4. The molecular formula is C40H53N5O4S. The van der Waals surface area contributed by atoms with Crippen LogP contribution in [0.3, 0.4) is 0 Å². The van der Waals surface area contributed by atoms with Gasteiger partial charge in [-0.2, -0.15) is 0 Å². The summed E-state index contributed by atoms with van der Waals surface area (Å²) in [5, 5.41) is 15.2. The van der Waals surface area contributed by atoms with Gasteiger partial charge in [0.15, 0.2) is 5.82 Å². The molecule has 10 heteroatoms. The standard InChI is InChI=1S/C40H53N5O4S/c1-5-6-26-7-11-28(12-8-26)29-17-21-45(22-18-29)31-24-41-35(42-25-31)30-13-9-27(10-14-30)23-32(36(46)44-40(19-20-40)38(48)49)43-37(47)33-15-16-34(50-33)39(2,3)4/h9-10,13-16,24-26,28-29,32H,5-8,11-12,17-23H2,1-4H3,(H,43,47)(H,44,46)(H,48,49)/t26?,28?,32-/m0/s1. The first-order valence-corrected chi connectivity index (χ1v) is 19.4. The smallest absolute Gasteiger partial charge is 0.329 e. The van der Waals surface area contributed by atoms with Gasteiger partial charge in [-0.15, -0.1) is 11.3 Å². The van der Waals surface area contributed by atoms with E-state index in [4.69, 9.17) is 9.97 Å². The largest absolute Gasteiger partial charge is 0.480 e. The van der Waals surface area contributed by atoms with Gasteiger partial charge in [0.05, 0.1) is 23.0 Å². The third-order valence-corrected chi connectivity index (χ3v) is 12.7. The maximum absolute atomic E-state index is 13.4. The lowest BCUT2D eigenvalue weighted by Crippen LogP contribution is -2.53. The average Bonchev–Trinajstić information content (AvgIpc) is 3.71. The van der Waals surface area contributed by atoms with Crippen molar-refractivity contribution in [3.8, 4) is 11.4 Å². The molecule has 3 aromatic rings. The van der Waals surface area contributed by atoms with Crippen LogP contribution in [-0.4, -0.2) is 57.5 Å². The molecule has 2 aliphatic carbocycles. The molecule has 0 radical (unpaired) electrons. The molecule has 268 valence electrons. The van der Waals surface area contributed by atoms with E-state index in [-0.39, 0.29) is 17.7 Å². The van der Waals surface area contributed by atoms with Gasteiger partial charge in [0, 0.05) is 30.0 Å². The third kappa shape index (κ3) is 8.56. The Kier molecular flexibility index (Phi) is 11.0. The van der Waals surface area contributed by atoms with Crippen LogP contribution in [0.4, 0.5) is 5.69 Å². The number of carboxylic acid groups (broad SMARTS) is 1. The molecule has 0 unspecified atom stereocenters. The number of amides is 2. The summed E-state index contributed by atoms with van der Waals surface area (Å²) in [5.41, 5.74) is 1.40. The van der Waals surface area contributed by atoms with E-state index in [0.29, 0.717) is 23.5 Å². The van der Waals surface area contributed by atoms with Gasteiger partial charge < -0.3 is 20.6 Å². The number of piperidine rings is 1. The van der Waals surface area contributed by atoms with Crippen molar-refractivity contribution in [2.24, 2.45) is 17.8 Å². The molecule has 3 aliphatic rings. The highest BCUT2D eigenvalue weighted by molar-refractivity contribution is 7.14. The number of benzene rings is 1. The summed E-state index contributed by atoms with van der Waals surface area (Å²) in [6.07, 6.45) is 15.7. The SMILES string of the molecule is CCCC1CCC(C2CCN(c3cnc(-c4ccc(C[C@H](NC(=O)c5ccc(C(C)(C)C)s5)C(=O)NC5(C(=O)O)CC5)cc4)nc3)CC2)CC1. The summed E-state index contributed by atoms with van der Waals surface area (Å²) in [6.45, 7) is 10.7. The average molecular weight is 700 g/mol. The van der Waals surface area contributed by atoms with Crippen LogP contribution in [0.25, 0.3) is 11.4 Å². The zero-order chi connectivity index (χ0) is 35.5. The monoisotopic (exact) mass is 699 g/mol. The van der Waals surface area contributed by atoms with Gasteiger partial charge >= 0.3 is 5.97 Å². The molecule has 1 aromatic carbocycles. The second kappa shape index (κ2) is 15.2. The van der Waals surface area contributed by atoms with Crippen molar-refractivity contribution in [3.05, 3.63) is 64.1 Å². The minimum absolute atomic E-state index is 0.102. The molecule has 6 rings (SSSR count). The first-order chi connectivity index (χ1) is 23.9. The molecule has 1 aliphatic heterocycles. The number of rotatable bonds is 12. The molecule has 0 spiro atoms. The highest BCUT2D eigenvalue weighted by atomic mass is 32.1. The summed E-state index contributed by atoms with van der Waals surface area (Å²) in [4.78, 5) is 51.9. The fourth-order valence-corrected chi connectivity index (χ4v) is 8.75. The van der Waals surface area contributed by atoms with Gasteiger partial charge in [0.25, 0.3) is 5.91 Å². The van der Waals surface area contributed by atoms with Crippen molar-refractivity contribution in [3.63, 3.8) is 0 Å². The Hall–Kier alpha value is -3.79. The second-order valence-electron chi connectivity index (χ2n) is 15.9. The number of hydrogen-bond donors (Lipinski definition) is 3. The fourth-order valence-electron chi connectivity index (χ4n) is 7.79. The van der Waals surface area contributed by atoms with Crippen LogP contribution >= 0.6 is 11.3 Å². The molecule has 2 saturated carbocycles. The van der Waals surface area contributed by atoms with Crippen molar-refractivity contribution in [1.82, 2.24) is 20.6 Å². The molecule has 1 saturated heterocycles. The van der Waals surface area contributed by atoms with E-state index < -0.39 is 23.5 Å². The lowest BCUT2D eigenvalue weighted by molar-refractivity contribution is -0.143. The van der Waals surface area contributed by atoms with Crippen molar-refractivity contribution in [1.29, 1.82) is 0 Å². The van der Waals surface area contributed by atoms with Crippen LogP contribution in [0, 0.1) is 17.8 Å². The van der Waals surface area contributed by atoms with Crippen LogP contribution in [0.1, 0.15) is 112 Å².